The van der Waals surface area contributed by atoms with Crippen LogP contribution < -0.4 is 0 Å². The molecule has 1 saturated carbocycles. The zero-order chi connectivity index (χ0) is 11.7. The zero-order valence-corrected chi connectivity index (χ0v) is 11.7. The first-order chi connectivity index (χ1) is 6.82. The summed E-state index contributed by atoms with van der Waals surface area (Å²) in [5.74, 6) is 1.94. The maximum Gasteiger partial charge on any atom is 0.109 e. The smallest absolute Gasteiger partial charge is 0.0669 e. The van der Waals surface area contributed by atoms with Crippen molar-refractivity contribution in [3.63, 3.8) is 0 Å². The van der Waals surface area contributed by atoms with Gasteiger partial charge in [0.05, 0.1) is 0 Å². The van der Waals surface area contributed by atoms with Crippen LogP contribution in [-0.4, -0.2) is 7.85 Å². The molecule has 0 aromatic rings. The summed E-state index contributed by atoms with van der Waals surface area (Å²) in [6.07, 6.45) is 7.02. The van der Waals surface area contributed by atoms with E-state index in [0.717, 1.165) is 11.8 Å². The molecule has 0 aliphatic heterocycles. The minimum atomic E-state index is 0.549. The molecule has 15 heavy (non-hydrogen) atoms. The van der Waals surface area contributed by atoms with Crippen LogP contribution in [0.15, 0.2) is 0 Å². The van der Waals surface area contributed by atoms with Crippen LogP contribution >= 0.6 is 0 Å². The lowest BCUT2D eigenvalue weighted by Gasteiger charge is -2.35. The van der Waals surface area contributed by atoms with Crippen LogP contribution in [0.3, 0.4) is 0 Å². The third kappa shape index (κ3) is 3.01. The molecule has 0 radical (unpaired) electrons. The number of hydrogen-bond donors (Lipinski definition) is 0. The summed E-state index contributed by atoms with van der Waals surface area (Å²) in [6, 6.07) is 0. The lowest BCUT2D eigenvalue weighted by atomic mass is 9.66. The van der Waals surface area contributed by atoms with Gasteiger partial charge in [0.25, 0.3) is 0 Å². The highest BCUT2D eigenvalue weighted by molar-refractivity contribution is 6.15. The zero-order valence-electron chi connectivity index (χ0n) is 11.7. The molecule has 0 heterocycles. The van der Waals surface area contributed by atoms with E-state index in [0.29, 0.717) is 10.7 Å². The van der Waals surface area contributed by atoms with Crippen molar-refractivity contribution in [2.24, 2.45) is 17.3 Å². The van der Waals surface area contributed by atoms with E-state index < -0.39 is 0 Å². The standard InChI is InChI=1S/C14H29B/c1-6-8-11-9-14(5,15)10-12(11)13(3,4)7-2/h11-12H,6-10,15H2,1-5H3. The molecule has 1 aliphatic rings. The Morgan fingerprint density at radius 1 is 1.27 bits per heavy atom. The molecule has 3 unspecified atom stereocenters. The summed E-state index contributed by atoms with van der Waals surface area (Å²) < 4.78 is 0. The van der Waals surface area contributed by atoms with Gasteiger partial charge in [-0.1, -0.05) is 72.0 Å². The second-order valence-electron chi connectivity index (χ2n) is 7.07. The van der Waals surface area contributed by atoms with E-state index in [1.807, 2.05) is 0 Å². The predicted molar refractivity (Wildman–Crippen MR) is 72.1 cm³/mol. The first kappa shape index (κ1) is 13.1. The van der Waals surface area contributed by atoms with E-state index in [2.05, 4.69) is 42.5 Å². The molecule has 1 fully saturated rings. The van der Waals surface area contributed by atoms with Crippen LogP contribution in [0.25, 0.3) is 0 Å². The Morgan fingerprint density at radius 2 is 1.87 bits per heavy atom. The molecule has 3 atom stereocenters. The minimum Gasteiger partial charge on any atom is -0.0669 e. The van der Waals surface area contributed by atoms with Crippen LogP contribution in [0.1, 0.15) is 66.7 Å². The average Bonchev–Trinajstić information content (AvgIpc) is 2.43. The molecule has 0 nitrogen and oxygen atoms in total. The summed E-state index contributed by atoms with van der Waals surface area (Å²) in [4.78, 5) is 0. The largest absolute Gasteiger partial charge is 0.109 e. The highest BCUT2D eigenvalue weighted by atomic mass is 14.5. The number of hydrogen-bond acceptors (Lipinski definition) is 0. The Labute approximate surface area is 97.6 Å². The molecule has 0 aromatic carbocycles. The van der Waals surface area contributed by atoms with E-state index in [4.69, 9.17) is 0 Å². The van der Waals surface area contributed by atoms with Gasteiger partial charge in [0.15, 0.2) is 0 Å². The third-order valence-corrected chi connectivity index (χ3v) is 4.73. The Hall–Kier alpha value is 0.0649. The fourth-order valence-electron chi connectivity index (χ4n) is 3.55. The fourth-order valence-corrected chi connectivity index (χ4v) is 3.55. The first-order valence-corrected chi connectivity index (χ1v) is 6.82. The molecule has 0 amide bonds. The van der Waals surface area contributed by atoms with Gasteiger partial charge in [0.2, 0.25) is 0 Å². The van der Waals surface area contributed by atoms with Gasteiger partial charge in [-0.05, 0) is 17.3 Å². The van der Waals surface area contributed by atoms with E-state index in [1.165, 1.54) is 32.1 Å². The Morgan fingerprint density at radius 3 is 2.33 bits per heavy atom. The molecule has 1 heteroatoms. The highest BCUT2D eigenvalue weighted by Crippen LogP contribution is 2.56. The van der Waals surface area contributed by atoms with E-state index in [9.17, 15) is 0 Å². The number of rotatable bonds is 4. The van der Waals surface area contributed by atoms with Crippen molar-refractivity contribution in [1.82, 2.24) is 0 Å². The molecule has 0 N–H and O–H groups in total. The maximum absolute atomic E-state index is 2.47. The van der Waals surface area contributed by atoms with Gasteiger partial charge >= 0.3 is 0 Å². The summed E-state index contributed by atoms with van der Waals surface area (Å²) in [5, 5.41) is 0.594. The van der Waals surface area contributed by atoms with Crippen molar-refractivity contribution in [2.45, 2.75) is 72.0 Å². The van der Waals surface area contributed by atoms with Gasteiger partial charge < -0.3 is 0 Å². The lowest BCUT2D eigenvalue weighted by Crippen LogP contribution is -2.26. The summed E-state index contributed by atoms with van der Waals surface area (Å²) in [7, 11) is 2.46. The molecule has 0 aromatic heterocycles. The Bertz CT molecular complexity index is 205. The van der Waals surface area contributed by atoms with E-state index in [-0.39, 0.29) is 0 Å². The second kappa shape index (κ2) is 4.51. The van der Waals surface area contributed by atoms with Crippen molar-refractivity contribution in [1.29, 1.82) is 0 Å². The molecular formula is C14H29B. The molecule has 88 valence electrons. The van der Waals surface area contributed by atoms with Crippen molar-refractivity contribution in [2.75, 3.05) is 0 Å². The maximum atomic E-state index is 2.47. The molecule has 0 bridgehead atoms. The highest BCUT2D eigenvalue weighted by Gasteiger charge is 2.44. The van der Waals surface area contributed by atoms with Crippen LogP contribution in [0.5, 0.6) is 0 Å². The molecule has 1 rings (SSSR count). The van der Waals surface area contributed by atoms with Crippen molar-refractivity contribution >= 4 is 7.85 Å². The Balaban J connectivity index is 2.77. The van der Waals surface area contributed by atoms with Crippen LogP contribution in [0.4, 0.5) is 0 Å². The van der Waals surface area contributed by atoms with Crippen molar-refractivity contribution in [3.05, 3.63) is 0 Å². The second-order valence-corrected chi connectivity index (χ2v) is 7.07. The summed E-state index contributed by atoms with van der Waals surface area (Å²) in [5.41, 5.74) is 0.549. The average molecular weight is 208 g/mol. The third-order valence-electron chi connectivity index (χ3n) is 4.73. The van der Waals surface area contributed by atoms with Gasteiger partial charge in [-0.15, -0.1) is 0 Å². The van der Waals surface area contributed by atoms with E-state index >= 15 is 0 Å². The van der Waals surface area contributed by atoms with Crippen LogP contribution in [0.2, 0.25) is 5.31 Å². The van der Waals surface area contributed by atoms with Crippen LogP contribution in [0, 0.1) is 17.3 Å². The minimum absolute atomic E-state index is 0.549. The SMILES string of the molecule is BC1(C)CC(CCC)C(C(C)(C)CC)C1. The van der Waals surface area contributed by atoms with Crippen molar-refractivity contribution < 1.29 is 0 Å². The quantitative estimate of drug-likeness (QED) is 0.611. The van der Waals surface area contributed by atoms with E-state index in [1.54, 1.807) is 0 Å². The Kier molecular flexibility index (Phi) is 3.95. The molecular weight excluding hydrogens is 179 g/mol. The fraction of sp³-hybridized carbons (Fsp3) is 1.00. The van der Waals surface area contributed by atoms with Gasteiger partial charge in [-0.3, -0.25) is 0 Å². The lowest BCUT2D eigenvalue weighted by molar-refractivity contribution is 0.149. The summed E-state index contributed by atoms with van der Waals surface area (Å²) >= 11 is 0. The molecule has 0 saturated heterocycles. The van der Waals surface area contributed by atoms with Gasteiger partial charge in [0, 0.05) is 0 Å². The summed E-state index contributed by atoms with van der Waals surface area (Å²) in [6.45, 7) is 12.1. The molecule has 1 aliphatic carbocycles. The van der Waals surface area contributed by atoms with Gasteiger partial charge in [0.1, 0.15) is 7.85 Å². The van der Waals surface area contributed by atoms with Crippen molar-refractivity contribution in [3.8, 4) is 0 Å². The monoisotopic (exact) mass is 208 g/mol. The van der Waals surface area contributed by atoms with Gasteiger partial charge in [-0.25, -0.2) is 0 Å². The predicted octanol–water partition coefficient (Wildman–Crippen LogP) is 4.06. The molecule has 0 spiro atoms. The van der Waals surface area contributed by atoms with Crippen LogP contribution in [-0.2, 0) is 0 Å². The first-order valence-electron chi connectivity index (χ1n) is 6.82. The normalized spacial score (nSPS) is 37.1. The van der Waals surface area contributed by atoms with Gasteiger partial charge in [-0.2, -0.15) is 0 Å². The topological polar surface area (TPSA) is 0 Å².